The Bertz CT molecular complexity index is 1140. The summed E-state index contributed by atoms with van der Waals surface area (Å²) in [5.41, 5.74) is 2.23. The monoisotopic (exact) mass is 399 g/mol. The van der Waals surface area contributed by atoms with E-state index in [1.165, 1.54) is 12.0 Å². The average molecular weight is 399 g/mol. The number of sulfone groups is 1. The maximum atomic E-state index is 12.6. The number of hydrogen-bond donors (Lipinski definition) is 0. The number of ether oxygens (including phenoxy) is 1. The molecule has 0 N–H and O–H groups in total. The summed E-state index contributed by atoms with van der Waals surface area (Å²) in [5, 5.41) is 6.85. The van der Waals surface area contributed by atoms with E-state index in [1.54, 1.807) is 30.3 Å². The predicted octanol–water partition coefficient (Wildman–Crippen LogP) is 2.11. The number of rotatable bonds is 5. The highest BCUT2D eigenvalue weighted by molar-refractivity contribution is 7.91. The van der Waals surface area contributed by atoms with E-state index in [0.717, 1.165) is 11.3 Å². The summed E-state index contributed by atoms with van der Waals surface area (Å²) in [6.45, 7) is 0.448. The number of anilines is 1. The van der Waals surface area contributed by atoms with Crippen molar-refractivity contribution in [3.05, 3.63) is 54.1 Å². The Balaban J connectivity index is 1.57. The van der Waals surface area contributed by atoms with Crippen molar-refractivity contribution >= 4 is 21.4 Å². The highest BCUT2D eigenvalue weighted by Crippen LogP contribution is 2.30. The Labute approximate surface area is 161 Å². The van der Waals surface area contributed by atoms with Crippen molar-refractivity contribution in [2.24, 2.45) is 0 Å². The van der Waals surface area contributed by atoms with E-state index in [1.807, 2.05) is 18.2 Å². The number of amides is 1. The Hall–Kier alpha value is -3.20. The third kappa shape index (κ3) is 3.24. The molecule has 2 heterocycles. The molecule has 9 heteroatoms. The zero-order valence-corrected chi connectivity index (χ0v) is 15.8. The van der Waals surface area contributed by atoms with Crippen LogP contribution in [0.4, 0.5) is 5.69 Å². The van der Waals surface area contributed by atoms with Crippen LogP contribution in [0.25, 0.3) is 11.5 Å². The van der Waals surface area contributed by atoms with E-state index in [9.17, 15) is 13.2 Å². The summed E-state index contributed by atoms with van der Waals surface area (Å²) < 4.78 is 35.8. The lowest BCUT2D eigenvalue weighted by Crippen LogP contribution is -2.34. The second-order valence-electron chi connectivity index (χ2n) is 6.26. The summed E-state index contributed by atoms with van der Waals surface area (Å²) in [4.78, 5) is 14.1. The third-order valence-corrected chi connectivity index (χ3v) is 5.84. The maximum Gasteiger partial charge on any atom is 0.336 e. The van der Waals surface area contributed by atoms with Crippen LogP contribution in [0.5, 0.6) is 5.75 Å². The van der Waals surface area contributed by atoms with Crippen molar-refractivity contribution in [3.8, 4) is 17.2 Å². The van der Waals surface area contributed by atoms with Gasteiger partial charge in [-0.25, -0.2) is 8.42 Å². The van der Waals surface area contributed by atoms with Gasteiger partial charge in [-0.2, -0.15) is 0 Å². The first kappa shape index (κ1) is 18.2. The zero-order chi connectivity index (χ0) is 19.7. The smallest absolute Gasteiger partial charge is 0.336 e. The Morgan fingerprint density at radius 2 is 1.89 bits per heavy atom. The second kappa shape index (κ2) is 7.08. The van der Waals surface area contributed by atoms with Gasteiger partial charge in [-0.15, -0.1) is 5.10 Å². The van der Waals surface area contributed by atoms with Crippen molar-refractivity contribution in [2.75, 3.05) is 24.3 Å². The number of benzene rings is 2. The van der Waals surface area contributed by atoms with Crippen LogP contribution in [0.2, 0.25) is 0 Å². The number of carbonyl (C=O) groups excluding carboxylic acids is 1. The van der Waals surface area contributed by atoms with E-state index in [4.69, 9.17) is 9.15 Å². The van der Waals surface area contributed by atoms with E-state index < -0.39 is 26.7 Å². The Morgan fingerprint density at radius 1 is 1.14 bits per heavy atom. The van der Waals surface area contributed by atoms with Gasteiger partial charge in [0.05, 0.1) is 12.7 Å². The molecule has 28 heavy (non-hydrogen) atoms. The molecule has 0 unspecified atom stereocenters. The molecular weight excluding hydrogens is 382 g/mol. The average Bonchev–Trinajstić information content (AvgIpc) is 3.35. The first-order valence-electron chi connectivity index (χ1n) is 8.57. The molecule has 0 aliphatic carbocycles. The van der Waals surface area contributed by atoms with Gasteiger partial charge < -0.3 is 14.1 Å². The van der Waals surface area contributed by atoms with Crippen molar-refractivity contribution < 1.29 is 22.4 Å². The van der Waals surface area contributed by atoms with Crippen molar-refractivity contribution in [3.63, 3.8) is 0 Å². The lowest BCUT2D eigenvalue weighted by Gasteiger charge is -2.16. The van der Waals surface area contributed by atoms with E-state index in [-0.39, 0.29) is 5.89 Å². The first-order valence-corrected chi connectivity index (χ1v) is 10.2. The van der Waals surface area contributed by atoms with E-state index >= 15 is 0 Å². The van der Waals surface area contributed by atoms with Crippen LogP contribution in [0.3, 0.4) is 0 Å². The van der Waals surface area contributed by atoms with Gasteiger partial charge in [0.15, 0.2) is 0 Å². The maximum absolute atomic E-state index is 12.6. The number of carbonyl (C=O) groups is 1. The highest BCUT2D eigenvalue weighted by atomic mass is 32.2. The van der Waals surface area contributed by atoms with Crippen molar-refractivity contribution in [1.82, 2.24) is 10.2 Å². The molecule has 0 atom stereocenters. The fraction of sp³-hybridized carbons (Fsp3) is 0.211. The third-order valence-electron chi connectivity index (χ3n) is 4.51. The number of aromatic nitrogens is 2. The molecule has 1 aliphatic rings. The molecule has 0 saturated carbocycles. The summed E-state index contributed by atoms with van der Waals surface area (Å²) in [5.74, 6) is -0.786. The molecule has 1 amide bonds. The van der Waals surface area contributed by atoms with Crippen molar-refractivity contribution in [2.45, 2.75) is 11.6 Å². The van der Waals surface area contributed by atoms with E-state index in [0.29, 0.717) is 24.3 Å². The molecule has 144 valence electrons. The minimum atomic E-state index is -4.08. The van der Waals surface area contributed by atoms with Crippen LogP contribution in [0.1, 0.15) is 5.56 Å². The molecule has 0 fully saturated rings. The number of para-hydroxylation sites is 2. The largest absolute Gasteiger partial charge is 0.496 e. The van der Waals surface area contributed by atoms with Gasteiger partial charge in [0.2, 0.25) is 15.7 Å². The van der Waals surface area contributed by atoms with Gasteiger partial charge in [0.25, 0.3) is 5.89 Å². The molecule has 8 nitrogen and oxygen atoms in total. The lowest BCUT2D eigenvalue weighted by atomic mass is 10.2. The highest BCUT2D eigenvalue weighted by Gasteiger charge is 2.32. The molecular formula is C19H17N3O5S. The first-order chi connectivity index (χ1) is 13.5. The Kier molecular flexibility index (Phi) is 4.60. The number of nitrogens with zero attached hydrogens (tertiary/aromatic N) is 3. The molecule has 0 radical (unpaired) electrons. The molecule has 1 aromatic heterocycles. The van der Waals surface area contributed by atoms with Crippen LogP contribution >= 0.6 is 0 Å². The fourth-order valence-corrected chi connectivity index (χ4v) is 4.14. The molecule has 0 bridgehead atoms. The number of methoxy groups -OCH3 is 1. The number of hydrogen-bond acceptors (Lipinski definition) is 7. The standard InChI is InChI=1S/C19H17N3O5S/c1-26-16-9-5-3-7-14(16)18-20-21-19(27-18)28(24,25)12-17(23)22-11-10-13-6-2-4-8-15(13)22/h2-9H,10-12H2,1H3. The van der Waals surface area contributed by atoms with E-state index in [2.05, 4.69) is 10.2 Å². The topological polar surface area (TPSA) is 103 Å². The molecule has 3 aromatic rings. The lowest BCUT2D eigenvalue weighted by molar-refractivity contribution is -0.116. The quantitative estimate of drug-likeness (QED) is 0.647. The van der Waals surface area contributed by atoms with Crippen LogP contribution in [-0.2, 0) is 21.1 Å². The van der Waals surface area contributed by atoms with Crippen LogP contribution in [0, 0.1) is 0 Å². The molecule has 1 aliphatic heterocycles. The summed E-state index contributed by atoms with van der Waals surface area (Å²) in [6.07, 6.45) is 0.695. The molecule has 4 rings (SSSR count). The van der Waals surface area contributed by atoms with Gasteiger partial charge in [0, 0.05) is 12.2 Å². The number of fused-ring (bicyclic) bond motifs is 1. The predicted molar refractivity (Wildman–Crippen MR) is 101 cm³/mol. The minimum Gasteiger partial charge on any atom is -0.496 e. The Morgan fingerprint density at radius 3 is 2.71 bits per heavy atom. The second-order valence-corrected chi connectivity index (χ2v) is 8.12. The van der Waals surface area contributed by atoms with Crippen LogP contribution < -0.4 is 9.64 Å². The molecule has 0 spiro atoms. The summed E-state index contributed by atoms with van der Waals surface area (Å²) in [7, 11) is -2.59. The zero-order valence-electron chi connectivity index (χ0n) is 15.0. The molecule has 0 saturated heterocycles. The van der Waals surface area contributed by atoms with Crippen LogP contribution in [-0.4, -0.2) is 43.9 Å². The van der Waals surface area contributed by atoms with Crippen molar-refractivity contribution in [1.29, 1.82) is 0 Å². The van der Waals surface area contributed by atoms with Gasteiger partial charge >= 0.3 is 5.22 Å². The summed E-state index contributed by atoms with van der Waals surface area (Å²) >= 11 is 0. The van der Waals surface area contributed by atoms with Crippen LogP contribution in [0.15, 0.2) is 58.2 Å². The normalized spacial score (nSPS) is 13.4. The van der Waals surface area contributed by atoms with Gasteiger partial charge in [-0.1, -0.05) is 35.4 Å². The van der Waals surface area contributed by atoms with Gasteiger partial charge in [-0.3, -0.25) is 4.79 Å². The minimum absolute atomic E-state index is 0.00925. The summed E-state index contributed by atoms with van der Waals surface area (Å²) in [6, 6.07) is 14.3. The fourth-order valence-electron chi connectivity index (χ4n) is 3.17. The molecule has 2 aromatic carbocycles. The van der Waals surface area contributed by atoms with Gasteiger partial charge in [-0.05, 0) is 30.2 Å². The SMILES string of the molecule is COc1ccccc1-c1nnc(S(=O)(=O)CC(=O)N2CCc3ccccc32)o1. The van der Waals surface area contributed by atoms with Gasteiger partial charge in [0.1, 0.15) is 11.5 Å².